The summed E-state index contributed by atoms with van der Waals surface area (Å²) in [5.74, 6) is 0.255. The highest BCUT2D eigenvalue weighted by Crippen LogP contribution is 2.15. The van der Waals surface area contributed by atoms with Gasteiger partial charge in [0.1, 0.15) is 6.61 Å². The van der Waals surface area contributed by atoms with Crippen LogP contribution in [-0.2, 0) is 19.1 Å². The molecule has 0 fully saturated rings. The lowest BCUT2D eigenvalue weighted by molar-refractivity contribution is -0.161. The molecule has 0 saturated heterocycles. The first-order chi connectivity index (χ1) is 18.5. The van der Waals surface area contributed by atoms with Gasteiger partial charge in [-0.15, -0.1) is 0 Å². The van der Waals surface area contributed by atoms with E-state index >= 15 is 0 Å². The van der Waals surface area contributed by atoms with Crippen molar-refractivity contribution in [2.45, 2.75) is 181 Å². The van der Waals surface area contributed by atoms with E-state index in [9.17, 15) is 14.7 Å². The molecule has 0 aromatic carbocycles. The van der Waals surface area contributed by atoms with E-state index in [4.69, 9.17) is 9.47 Å². The molecule has 0 aliphatic heterocycles. The molecule has 0 amide bonds. The van der Waals surface area contributed by atoms with Gasteiger partial charge in [-0.3, -0.25) is 9.59 Å². The Bertz CT molecular complexity index is 520. The van der Waals surface area contributed by atoms with E-state index in [-0.39, 0.29) is 25.2 Å². The van der Waals surface area contributed by atoms with Crippen molar-refractivity contribution < 1.29 is 24.2 Å². The third kappa shape index (κ3) is 27.9. The standard InChI is InChI=1S/C33H64O5/c1-4-5-6-7-8-13-17-20-23-26-32(35)37-29-31(28-34)38-33(36)27-24-21-18-15-12-10-9-11-14-16-19-22-25-30(2)3/h30-31,34H,4-29H2,1-3H3/t31-/m0/s1. The van der Waals surface area contributed by atoms with Gasteiger partial charge in [0.05, 0.1) is 6.61 Å². The third-order valence-electron chi connectivity index (χ3n) is 7.33. The molecule has 226 valence electrons. The summed E-state index contributed by atoms with van der Waals surface area (Å²) in [6, 6.07) is 0. The predicted octanol–water partition coefficient (Wildman–Crippen LogP) is 9.47. The summed E-state index contributed by atoms with van der Waals surface area (Å²) in [6.45, 7) is 6.46. The van der Waals surface area contributed by atoms with E-state index in [0.717, 1.165) is 44.4 Å². The number of carbonyl (C=O) groups is 2. The Hall–Kier alpha value is -1.10. The van der Waals surface area contributed by atoms with Crippen molar-refractivity contribution in [3.05, 3.63) is 0 Å². The van der Waals surface area contributed by atoms with Crippen LogP contribution in [0.15, 0.2) is 0 Å². The lowest BCUT2D eigenvalue weighted by Gasteiger charge is -2.15. The van der Waals surface area contributed by atoms with Crippen LogP contribution >= 0.6 is 0 Å². The molecule has 0 aromatic heterocycles. The summed E-state index contributed by atoms with van der Waals surface area (Å²) in [6.07, 6.45) is 27.3. The van der Waals surface area contributed by atoms with Crippen LogP contribution in [0.5, 0.6) is 0 Å². The highest BCUT2D eigenvalue weighted by atomic mass is 16.6. The van der Waals surface area contributed by atoms with Crippen LogP contribution in [0.1, 0.15) is 175 Å². The summed E-state index contributed by atoms with van der Waals surface area (Å²) in [5.41, 5.74) is 0. The number of ether oxygens (including phenoxy) is 2. The first-order valence-electron chi connectivity index (χ1n) is 16.5. The third-order valence-corrected chi connectivity index (χ3v) is 7.33. The molecule has 0 bridgehead atoms. The Morgan fingerprint density at radius 2 is 0.974 bits per heavy atom. The first-order valence-corrected chi connectivity index (χ1v) is 16.5. The number of aliphatic hydroxyl groups excluding tert-OH is 1. The summed E-state index contributed by atoms with van der Waals surface area (Å²) in [4.78, 5) is 24.0. The molecule has 0 heterocycles. The van der Waals surface area contributed by atoms with Crippen molar-refractivity contribution in [2.75, 3.05) is 13.2 Å². The number of esters is 2. The Labute approximate surface area is 236 Å². The van der Waals surface area contributed by atoms with Crippen molar-refractivity contribution >= 4 is 11.9 Å². The van der Waals surface area contributed by atoms with Crippen molar-refractivity contribution in [2.24, 2.45) is 5.92 Å². The Morgan fingerprint density at radius 1 is 0.579 bits per heavy atom. The smallest absolute Gasteiger partial charge is 0.306 e. The molecule has 0 radical (unpaired) electrons. The van der Waals surface area contributed by atoms with Crippen LogP contribution in [0.3, 0.4) is 0 Å². The molecule has 0 unspecified atom stereocenters. The van der Waals surface area contributed by atoms with Gasteiger partial charge in [0.25, 0.3) is 0 Å². The fourth-order valence-electron chi connectivity index (χ4n) is 4.80. The molecule has 1 N–H and O–H groups in total. The zero-order valence-electron chi connectivity index (χ0n) is 25.6. The molecule has 0 spiro atoms. The van der Waals surface area contributed by atoms with E-state index in [2.05, 4.69) is 20.8 Å². The molecule has 38 heavy (non-hydrogen) atoms. The lowest BCUT2D eigenvalue weighted by atomic mass is 10.0. The SMILES string of the molecule is CCCCCCCCCCCC(=O)OC[C@H](CO)OC(=O)CCCCCCCCCCCCCCC(C)C. The highest BCUT2D eigenvalue weighted by molar-refractivity contribution is 5.70. The topological polar surface area (TPSA) is 72.8 Å². The van der Waals surface area contributed by atoms with Crippen LogP contribution in [-0.4, -0.2) is 36.4 Å². The van der Waals surface area contributed by atoms with E-state index in [1.807, 2.05) is 0 Å². The molecule has 1 atom stereocenters. The minimum atomic E-state index is -0.759. The molecule has 0 aromatic rings. The number of aliphatic hydroxyl groups is 1. The number of carbonyl (C=O) groups excluding carboxylic acids is 2. The largest absolute Gasteiger partial charge is 0.462 e. The highest BCUT2D eigenvalue weighted by Gasteiger charge is 2.16. The normalized spacial score (nSPS) is 12.1. The van der Waals surface area contributed by atoms with Gasteiger partial charge >= 0.3 is 11.9 Å². The quantitative estimate of drug-likeness (QED) is 0.0755. The van der Waals surface area contributed by atoms with Crippen molar-refractivity contribution in [3.8, 4) is 0 Å². The summed E-state index contributed by atoms with van der Waals surface area (Å²) in [7, 11) is 0. The summed E-state index contributed by atoms with van der Waals surface area (Å²) >= 11 is 0. The maximum atomic E-state index is 12.1. The molecule has 5 heteroatoms. The number of unbranched alkanes of at least 4 members (excludes halogenated alkanes) is 19. The van der Waals surface area contributed by atoms with E-state index in [0.29, 0.717) is 12.8 Å². The van der Waals surface area contributed by atoms with Crippen LogP contribution in [0.25, 0.3) is 0 Å². The van der Waals surface area contributed by atoms with Crippen molar-refractivity contribution in [1.82, 2.24) is 0 Å². The minimum Gasteiger partial charge on any atom is -0.462 e. The van der Waals surface area contributed by atoms with Crippen molar-refractivity contribution in [3.63, 3.8) is 0 Å². The predicted molar refractivity (Wildman–Crippen MR) is 159 cm³/mol. The van der Waals surface area contributed by atoms with Crippen LogP contribution in [0.4, 0.5) is 0 Å². The zero-order valence-corrected chi connectivity index (χ0v) is 25.6. The van der Waals surface area contributed by atoms with Gasteiger partial charge in [-0.2, -0.15) is 0 Å². The van der Waals surface area contributed by atoms with E-state index in [1.165, 1.54) is 103 Å². The first kappa shape index (κ1) is 36.9. The molecular weight excluding hydrogens is 476 g/mol. The Balaban J connectivity index is 3.54. The lowest BCUT2D eigenvalue weighted by Crippen LogP contribution is -2.28. The molecule has 0 saturated carbocycles. The van der Waals surface area contributed by atoms with Gasteiger partial charge in [0.2, 0.25) is 0 Å². The maximum absolute atomic E-state index is 12.1. The van der Waals surface area contributed by atoms with Crippen LogP contribution in [0, 0.1) is 5.92 Å². The van der Waals surface area contributed by atoms with Gasteiger partial charge in [-0.05, 0) is 18.8 Å². The Kier molecular flexibility index (Phi) is 28.1. The average molecular weight is 541 g/mol. The zero-order chi connectivity index (χ0) is 28.1. The van der Waals surface area contributed by atoms with Gasteiger partial charge in [0, 0.05) is 12.8 Å². The molecule has 0 aliphatic carbocycles. The second-order valence-electron chi connectivity index (χ2n) is 11.7. The van der Waals surface area contributed by atoms with Gasteiger partial charge in [-0.25, -0.2) is 0 Å². The van der Waals surface area contributed by atoms with E-state index < -0.39 is 6.10 Å². The van der Waals surface area contributed by atoms with Gasteiger partial charge in [0.15, 0.2) is 6.10 Å². The minimum absolute atomic E-state index is 0.0591. The molecule has 0 rings (SSSR count). The molecular formula is C33H64O5. The summed E-state index contributed by atoms with van der Waals surface area (Å²) < 4.78 is 10.5. The van der Waals surface area contributed by atoms with E-state index in [1.54, 1.807) is 0 Å². The van der Waals surface area contributed by atoms with Gasteiger partial charge < -0.3 is 14.6 Å². The van der Waals surface area contributed by atoms with Crippen LogP contribution in [0.2, 0.25) is 0 Å². The molecule has 5 nitrogen and oxygen atoms in total. The number of hydrogen-bond acceptors (Lipinski definition) is 5. The number of hydrogen-bond donors (Lipinski definition) is 1. The fourth-order valence-corrected chi connectivity index (χ4v) is 4.80. The Morgan fingerprint density at radius 3 is 1.39 bits per heavy atom. The second kappa shape index (κ2) is 28.9. The second-order valence-corrected chi connectivity index (χ2v) is 11.7. The monoisotopic (exact) mass is 540 g/mol. The summed E-state index contributed by atoms with van der Waals surface area (Å²) in [5, 5.41) is 9.47. The molecule has 0 aliphatic rings. The van der Waals surface area contributed by atoms with Crippen molar-refractivity contribution in [1.29, 1.82) is 0 Å². The maximum Gasteiger partial charge on any atom is 0.306 e. The van der Waals surface area contributed by atoms with Crippen LogP contribution < -0.4 is 0 Å². The fraction of sp³-hybridized carbons (Fsp3) is 0.939. The number of rotatable bonds is 29. The van der Waals surface area contributed by atoms with Gasteiger partial charge in [-0.1, -0.05) is 149 Å². The average Bonchev–Trinajstić information content (AvgIpc) is 2.90.